The van der Waals surface area contributed by atoms with Gasteiger partial charge in [-0.15, -0.1) is 0 Å². The van der Waals surface area contributed by atoms with Crippen molar-refractivity contribution < 1.29 is 17.6 Å². The Balaban J connectivity index is 3.17. The van der Waals surface area contributed by atoms with Gasteiger partial charge in [-0.2, -0.15) is 0 Å². The molecule has 0 bridgehead atoms. The van der Waals surface area contributed by atoms with Crippen LogP contribution in [0.15, 0.2) is 12.1 Å². The summed E-state index contributed by atoms with van der Waals surface area (Å²) in [6.45, 7) is 1.34. The Kier molecular flexibility index (Phi) is 3.10. The fourth-order valence-electron chi connectivity index (χ4n) is 1.05. The van der Waals surface area contributed by atoms with Gasteiger partial charge in [-0.25, -0.2) is 17.6 Å². The predicted molar refractivity (Wildman–Crippen MR) is 44.0 cm³/mol. The van der Waals surface area contributed by atoms with Crippen LogP contribution in [0, 0.1) is 18.6 Å². The van der Waals surface area contributed by atoms with Crippen molar-refractivity contribution in [2.75, 3.05) is 0 Å². The van der Waals surface area contributed by atoms with Crippen LogP contribution in [0.25, 0.3) is 0 Å². The van der Waals surface area contributed by atoms with Gasteiger partial charge in [-0.1, -0.05) is 12.1 Å². The topological polar surface area (TPSA) is 26.0 Å². The Morgan fingerprint density at radius 1 is 1.14 bits per heavy atom. The maximum absolute atomic E-state index is 13.1. The van der Waals surface area contributed by atoms with Gasteiger partial charge in [0.1, 0.15) is 0 Å². The van der Waals surface area contributed by atoms with E-state index in [1.165, 1.54) is 13.0 Å². The standard InChI is InChI=1S/C9H9F4N/c1-4-2-3-5(7(11)6(4)10)8(14)9(12)13/h2-3,8-9H,14H2,1H3/t8-/m0/s1. The van der Waals surface area contributed by atoms with Crippen molar-refractivity contribution in [3.05, 3.63) is 34.9 Å². The van der Waals surface area contributed by atoms with Crippen molar-refractivity contribution in [3.8, 4) is 0 Å². The molecule has 0 aliphatic rings. The van der Waals surface area contributed by atoms with Gasteiger partial charge in [0.05, 0.1) is 6.04 Å². The maximum atomic E-state index is 13.1. The van der Waals surface area contributed by atoms with Gasteiger partial charge in [0.15, 0.2) is 11.6 Å². The second kappa shape index (κ2) is 3.96. The van der Waals surface area contributed by atoms with Gasteiger partial charge in [0.25, 0.3) is 6.43 Å². The first-order valence-electron chi connectivity index (χ1n) is 3.93. The summed E-state index contributed by atoms with van der Waals surface area (Å²) in [6, 6.07) is 0.505. The second-order valence-electron chi connectivity index (χ2n) is 2.96. The van der Waals surface area contributed by atoms with Gasteiger partial charge >= 0.3 is 0 Å². The third kappa shape index (κ3) is 1.87. The van der Waals surface area contributed by atoms with Gasteiger partial charge in [-0.05, 0) is 12.5 Å². The quantitative estimate of drug-likeness (QED) is 0.741. The number of benzene rings is 1. The van der Waals surface area contributed by atoms with Crippen molar-refractivity contribution in [3.63, 3.8) is 0 Å². The maximum Gasteiger partial charge on any atom is 0.257 e. The molecule has 0 aliphatic heterocycles. The lowest BCUT2D eigenvalue weighted by molar-refractivity contribution is 0.114. The zero-order valence-electron chi connectivity index (χ0n) is 7.40. The third-order valence-electron chi connectivity index (χ3n) is 1.94. The van der Waals surface area contributed by atoms with Crippen LogP contribution in [0.5, 0.6) is 0 Å². The predicted octanol–water partition coefficient (Wildman–Crippen LogP) is 2.54. The fourth-order valence-corrected chi connectivity index (χ4v) is 1.05. The van der Waals surface area contributed by atoms with E-state index < -0.39 is 29.7 Å². The largest absolute Gasteiger partial charge is 0.319 e. The highest BCUT2D eigenvalue weighted by Crippen LogP contribution is 2.24. The summed E-state index contributed by atoms with van der Waals surface area (Å²) in [5.41, 5.74) is 4.57. The Morgan fingerprint density at radius 2 is 1.71 bits per heavy atom. The molecule has 1 rings (SSSR count). The highest BCUT2D eigenvalue weighted by Gasteiger charge is 2.23. The highest BCUT2D eigenvalue weighted by molar-refractivity contribution is 5.27. The average Bonchev–Trinajstić information content (AvgIpc) is 2.13. The number of hydrogen-bond donors (Lipinski definition) is 1. The van der Waals surface area contributed by atoms with E-state index >= 15 is 0 Å². The molecule has 14 heavy (non-hydrogen) atoms. The molecule has 0 heterocycles. The van der Waals surface area contributed by atoms with Crippen molar-refractivity contribution in [1.29, 1.82) is 0 Å². The normalized spacial score (nSPS) is 13.4. The van der Waals surface area contributed by atoms with Crippen LogP contribution in [0.1, 0.15) is 17.2 Å². The third-order valence-corrected chi connectivity index (χ3v) is 1.94. The van der Waals surface area contributed by atoms with Crippen molar-refractivity contribution in [2.24, 2.45) is 5.73 Å². The zero-order valence-corrected chi connectivity index (χ0v) is 7.40. The number of aryl methyl sites for hydroxylation is 1. The lowest BCUT2D eigenvalue weighted by atomic mass is 10.0. The van der Waals surface area contributed by atoms with E-state index in [2.05, 4.69) is 0 Å². The number of hydrogen-bond acceptors (Lipinski definition) is 1. The molecule has 1 aromatic rings. The highest BCUT2D eigenvalue weighted by atomic mass is 19.3. The molecule has 78 valence electrons. The monoisotopic (exact) mass is 207 g/mol. The molecule has 0 amide bonds. The molecular weight excluding hydrogens is 198 g/mol. The number of rotatable bonds is 2. The number of halogens is 4. The van der Waals surface area contributed by atoms with E-state index in [0.717, 1.165) is 6.07 Å². The SMILES string of the molecule is Cc1ccc([C@H](N)C(F)F)c(F)c1F. The first-order valence-corrected chi connectivity index (χ1v) is 3.93. The van der Waals surface area contributed by atoms with Gasteiger partial charge in [0, 0.05) is 5.56 Å². The molecule has 0 radical (unpaired) electrons. The van der Waals surface area contributed by atoms with Crippen LogP contribution in [0.2, 0.25) is 0 Å². The fraction of sp³-hybridized carbons (Fsp3) is 0.333. The lowest BCUT2D eigenvalue weighted by Crippen LogP contribution is -2.21. The molecule has 0 saturated carbocycles. The van der Waals surface area contributed by atoms with Crippen LogP contribution >= 0.6 is 0 Å². The molecule has 1 atom stereocenters. The summed E-state index contributed by atoms with van der Waals surface area (Å²) >= 11 is 0. The minimum atomic E-state index is -2.91. The summed E-state index contributed by atoms with van der Waals surface area (Å²) in [5, 5.41) is 0. The van der Waals surface area contributed by atoms with E-state index in [1.54, 1.807) is 0 Å². The Bertz CT molecular complexity index is 338. The number of nitrogens with two attached hydrogens (primary N) is 1. The molecule has 1 aromatic carbocycles. The van der Waals surface area contributed by atoms with Crippen molar-refractivity contribution >= 4 is 0 Å². The Labute approximate surface area is 78.5 Å². The van der Waals surface area contributed by atoms with E-state index in [1.807, 2.05) is 0 Å². The molecule has 0 spiro atoms. The molecule has 0 saturated heterocycles. The molecule has 0 aliphatic carbocycles. The summed E-state index contributed by atoms with van der Waals surface area (Å²) in [4.78, 5) is 0. The lowest BCUT2D eigenvalue weighted by Gasteiger charge is -2.12. The first-order chi connectivity index (χ1) is 6.45. The van der Waals surface area contributed by atoms with Crippen LogP contribution in [-0.4, -0.2) is 6.43 Å². The van der Waals surface area contributed by atoms with Crippen LogP contribution in [-0.2, 0) is 0 Å². The van der Waals surface area contributed by atoms with Crippen molar-refractivity contribution in [2.45, 2.75) is 19.4 Å². The molecule has 1 nitrogen and oxygen atoms in total. The molecule has 0 aromatic heterocycles. The molecule has 0 fully saturated rings. The van der Waals surface area contributed by atoms with Gasteiger partial charge < -0.3 is 5.73 Å². The minimum Gasteiger partial charge on any atom is -0.319 e. The summed E-state index contributed by atoms with van der Waals surface area (Å²) in [6.07, 6.45) is -2.91. The average molecular weight is 207 g/mol. The van der Waals surface area contributed by atoms with Gasteiger partial charge in [-0.3, -0.25) is 0 Å². The Hall–Kier alpha value is -1.10. The van der Waals surface area contributed by atoms with Crippen molar-refractivity contribution in [1.82, 2.24) is 0 Å². The zero-order chi connectivity index (χ0) is 10.9. The Morgan fingerprint density at radius 3 is 2.21 bits per heavy atom. The van der Waals surface area contributed by atoms with E-state index in [0.29, 0.717) is 0 Å². The molecule has 5 heteroatoms. The van der Waals surface area contributed by atoms with E-state index in [-0.39, 0.29) is 5.56 Å². The van der Waals surface area contributed by atoms with E-state index in [9.17, 15) is 17.6 Å². The van der Waals surface area contributed by atoms with E-state index in [4.69, 9.17) is 5.73 Å². The molecular formula is C9H9F4N. The first kappa shape index (κ1) is 11.0. The minimum absolute atomic E-state index is 0.0627. The second-order valence-corrected chi connectivity index (χ2v) is 2.96. The molecule has 2 N–H and O–H groups in total. The summed E-state index contributed by atoms with van der Waals surface area (Å²) in [7, 11) is 0. The molecule has 0 unspecified atom stereocenters. The smallest absolute Gasteiger partial charge is 0.257 e. The van der Waals surface area contributed by atoms with Gasteiger partial charge in [0.2, 0.25) is 0 Å². The summed E-state index contributed by atoms with van der Waals surface area (Å²) < 4.78 is 50.2. The van der Waals surface area contributed by atoms with Crippen LogP contribution < -0.4 is 5.73 Å². The van der Waals surface area contributed by atoms with Crippen LogP contribution in [0.4, 0.5) is 17.6 Å². The van der Waals surface area contributed by atoms with Crippen LogP contribution in [0.3, 0.4) is 0 Å². The summed E-state index contributed by atoms with van der Waals surface area (Å²) in [5.74, 6) is -2.42. The number of alkyl halides is 2.